The molecule has 0 aliphatic carbocycles. The first-order valence-electron chi connectivity index (χ1n) is 5.17. The lowest BCUT2D eigenvalue weighted by Crippen LogP contribution is -2.09. The molecule has 0 unspecified atom stereocenters. The van der Waals surface area contributed by atoms with Crippen LogP contribution < -0.4 is 9.47 Å². The number of carbonyl (C=O) groups excluding carboxylic acids is 2. The quantitative estimate of drug-likeness (QED) is 0.438. The third-order valence-corrected chi connectivity index (χ3v) is 2.24. The van der Waals surface area contributed by atoms with Crippen LogP contribution in [0.5, 0.6) is 11.5 Å². The zero-order valence-corrected chi connectivity index (χ0v) is 10.3. The minimum Gasteiger partial charge on any atom is -0.496 e. The Morgan fingerprint density at radius 3 is 2.61 bits per heavy atom. The number of ether oxygens (including phenoxy) is 3. The molecule has 0 bridgehead atoms. The molecule has 1 aromatic carbocycles. The van der Waals surface area contributed by atoms with Gasteiger partial charge in [0.1, 0.15) is 23.7 Å². The average molecular weight is 250 g/mol. The maximum Gasteiger partial charge on any atom is 0.341 e. The Kier molecular flexibility index (Phi) is 4.92. The molecule has 0 saturated carbocycles. The number of hydrogen-bond donors (Lipinski definition) is 0. The van der Waals surface area contributed by atoms with Gasteiger partial charge in [-0.2, -0.15) is 0 Å². The summed E-state index contributed by atoms with van der Waals surface area (Å²) in [6.07, 6.45) is 2.08. The summed E-state index contributed by atoms with van der Waals surface area (Å²) in [4.78, 5) is 22.7. The SMILES string of the molecule is C=CCOc1c(C(=O)OC)ccc(OC)c1C=O. The Hall–Kier alpha value is -2.30. The van der Waals surface area contributed by atoms with Crippen molar-refractivity contribution in [3.05, 3.63) is 35.9 Å². The number of methoxy groups -OCH3 is 2. The standard InChI is InChI=1S/C13H14O5/c1-4-7-18-12-9(13(15)17-3)5-6-11(16-2)10(12)8-14/h4-6,8H,1,7H2,2-3H3. The summed E-state index contributed by atoms with van der Waals surface area (Å²) in [5.74, 6) is -0.118. The monoisotopic (exact) mass is 250 g/mol. The Morgan fingerprint density at radius 1 is 1.39 bits per heavy atom. The third kappa shape index (κ3) is 2.68. The molecule has 1 aromatic rings. The molecule has 0 N–H and O–H groups in total. The number of aldehydes is 1. The van der Waals surface area contributed by atoms with Gasteiger partial charge in [0.05, 0.1) is 19.8 Å². The molecule has 0 radical (unpaired) electrons. The van der Waals surface area contributed by atoms with Crippen LogP contribution in [0.3, 0.4) is 0 Å². The number of rotatable bonds is 6. The Morgan fingerprint density at radius 2 is 2.11 bits per heavy atom. The van der Waals surface area contributed by atoms with Crippen LogP contribution >= 0.6 is 0 Å². The maximum atomic E-state index is 11.6. The zero-order chi connectivity index (χ0) is 13.5. The highest BCUT2D eigenvalue weighted by Gasteiger charge is 2.20. The molecule has 0 fully saturated rings. The van der Waals surface area contributed by atoms with E-state index in [4.69, 9.17) is 9.47 Å². The molecule has 96 valence electrons. The highest BCUT2D eigenvalue weighted by atomic mass is 16.5. The normalized spacial score (nSPS) is 9.44. The minimum atomic E-state index is -0.584. The van der Waals surface area contributed by atoms with Gasteiger partial charge in [-0.05, 0) is 12.1 Å². The first-order valence-corrected chi connectivity index (χ1v) is 5.17. The van der Waals surface area contributed by atoms with Gasteiger partial charge >= 0.3 is 5.97 Å². The van der Waals surface area contributed by atoms with Crippen molar-refractivity contribution in [2.24, 2.45) is 0 Å². The second-order valence-electron chi connectivity index (χ2n) is 3.27. The van der Waals surface area contributed by atoms with Gasteiger partial charge in [0.2, 0.25) is 0 Å². The largest absolute Gasteiger partial charge is 0.496 e. The Balaban J connectivity index is 3.37. The van der Waals surface area contributed by atoms with E-state index < -0.39 is 5.97 Å². The van der Waals surface area contributed by atoms with Crippen LogP contribution in [-0.4, -0.2) is 33.1 Å². The van der Waals surface area contributed by atoms with E-state index >= 15 is 0 Å². The number of hydrogen-bond acceptors (Lipinski definition) is 5. The van der Waals surface area contributed by atoms with Gasteiger partial charge in [0.25, 0.3) is 0 Å². The summed E-state index contributed by atoms with van der Waals surface area (Å²) in [6, 6.07) is 2.99. The van der Waals surface area contributed by atoms with E-state index in [9.17, 15) is 9.59 Å². The summed E-state index contributed by atoms with van der Waals surface area (Å²) in [5, 5.41) is 0. The van der Waals surface area contributed by atoms with E-state index in [1.807, 2.05) is 0 Å². The van der Waals surface area contributed by atoms with Crippen molar-refractivity contribution in [3.8, 4) is 11.5 Å². The summed E-state index contributed by atoms with van der Waals surface area (Å²) < 4.78 is 15.0. The van der Waals surface area contributed by atoms with E-state index in [1.165, 1.54) is 32.4 Å². The van der Waals surface area contributed by atoms with Crippen molar-refractivity contribution in [2.45, 2.75) is 0 Å². The molecule has 5 nitrogen and oxygen atoms in total. The summed E-state index contributed by atoms with van der Waals surface area (Å²) in [7, 11) is 2.68. The molecule has 0 atom stereocenters. The van der Waals surface area contributed by atoms with Gasteiger partial charge in [0, 0.05) is 0 Å². The summed E-state index contributed by atoms with van der Waals surface area (Å²) in [5.41, 5.74) is 0.338. The van der Waals surface area contributed by atoms with Gasteiger partial charge in [-0.1, -0.05) is 12.7 Å². The molecule has 0 aromatic heterocycles. The van der Waals surface area contributed by atoms with Gasteiger partial charge in [-0.3, -0.25) is 4.79 Å². The fourth-order valence-electron chi connectivity index (χ4n) is 1.44. The molecule has 0 heterocycles. The van der Waals surface area contributed by atoms with Crippen LogP contribution in [-0.2, 0) is 4.74 Å². The molecule has 5 heteroatoms. The van der Waals surface area contributed by atoms with Crippen molar-refractivity contribution < 1.29 is 23.8 Å². The molecule has 0 aliphatic rings. The fraction of sp³-hybridized carbons (Fsp3) is 0.231. The van der Waals surface area contributed by atoms with Crippen LogP contribution in [0, 0.1) is 0 Å². The van der Waals surface area contributed by atoms with Crippen molar-refractivity contribution in [1.29, 1.82) is 0 Å². The van der Waals surface area contributed by atoms with E-state index in [-0.39, 0.29) is 23.5 Å². The first kappa shape index (κ1) is 13.8. The molecule has 0 amide bonds. The van der Waals surface area contributed by atoms with E-state index in [0.29, 0.717) is 12.0 Å². The van der Waals surface area contributed by atoms with Gasteiger partial charge < -0.3 is 14.2 Å². The number of benzene rings is 1. The molecule has 0 spiro atoms. The second-order valence-corrected chi connectivity index (χ2v) is 3.27. The van der Waals surface area contributed by atoms with Crippen molar-refractivity contribution in [3.63, 3.8) is 0 Å². The lowest BCUT2D eigenvalue weighted by Gasteiger charge is -2.13. The topological polar surface area (TPSA) is 61.8 Å². The molecule has 1 rings (SSSR count). The number of esters is 1. The lowest BCUT2D eigenvalue weighted by molar-refractivity contribution is 0.0596. The van der Waals surface area contributed by atoms with Crippen molar-refractivity contribution in [2.75, 3.05) is 20.8 Å². The minimum absolute atomic E-state index is 0.135. The third-order valence-electron chi connectivity index (χ3n) is 2.24. The Labute approximate surface area is 105 Å². The van der Waals surface area contributed by atoms with Crippen LogP contribution in [0.1, 0.15) is 20.7 Å². The van der Waals surface area contributed by atoms with Gasteiger partial charge in [-0.15, -0.1) is 0 Å². The lowest BCUT2D eigenvalue weighted by atomic mass is 10.1. The van der Waals surface area contributed by atoms with E-state index in [1.54, 1.807) is 0 Å². The number of carbonyl (C=O) groups is 2. The predicted molar refractivity (Wildman–Crippen MR) is 65.4 cm³/mol. The average Bonchev–Trinajstić information content (AvgIpc) is 2.42. The van der Waals surface area contributed by atoms with Crippen LogP contribution in [0.4, 0.5) is 0 Å². The fourth-order valence-corrected chi connectivity index (χ4v) is 1.44. The van der Waals surface area contributed by atoms with E-state index in [2.05, 4.69) is 11.3 Å². The zero-order valence-electron chi connectivity index (χ0n) is 10.3. The highest BCUT2D eigenvalue weighted by molar-refractivity contribution is 5.97. The molecular weight excluding hydrogens is 236 g/mol. The van der Waals surface area contributed by atoms with Crippen LogP contribution in [0.2, 0.25) is 0 Å². The highest BCUT2D eigenvalue weighted by Crippen LogP contribution is 2.31. The van der Waals surface area contributed by atoms with E-state index in [0.717, 1.165) is 0 Å². The van der Waals surface area contributed by atoms with Gasteiger partial charge in [0.15, 0.2) is 6.29 Å². The first-order chi connectivity index (χ1) is 8.69. The summed E-state index contributed by atoms with van der Waals surface area (Å²) >= 11 is 0. The molecule has 0 saturated heterocycles. The molecule has 0 aliphatic heterocycles. The van der Waals surface area contributed by atoms with Crippen LogP contribution in [0.15, 0.2) is 24.8 Å². The molecular formula is C13H14O5. The second kappa shape index (κ2) is 6.44. The van der Waals surface area contributed by atoms with Crippen LogP contribution in [0.25, 0.3) is 0 Å². The smallest absolute Gasteiger partial charge is 0.341 e. The van der Waals surface area contributed by atoms with Gasteiger partial charge in [-0.25, -0.2) is 4.79 Å². The summed E-state index contributed by atoms with van der Waals surface area (Å²) in [6.45, 7) is 3.67. The van der Waals surface area contributed by atoms with Crippen molar-refractivity contribution >= 4 is 12.3 Å². The van der Waals surface area contributed by atoms with Crippen molar-refractivity contribution in [1.82, 2.24) is 0 Å². The Bertz CT molecular complexity index is 465. The maximum absolute atomic E-state index is 11.6. The molecule has 18 heavy (non-hydrogen) atoms. The predicted octanol–water partition coefficient (Wildman–Crippen LogP) is 1.86.